The van der Waals surface area contributed by atoms with E-state index in [9.17, 15) is 24.9 Å². The monoisotopic (exact) mass is 516 g/mol. The standard InChI is InChI=1S/C26H48N2O8/c1-17(2)12-14-35-26(6,7)16-25(4,5)28-20(31)11-9-8-10-13-34-24-21(27-18(3)30)23(33)22(32)19(15-29)36-24/h12,14,17,19,21-24,29,32-33H,8-11,13,15-16H2,1-7H3,(H,27,30)(H,28,31). The topological polar surface area (TPSA) is 147 Å². The second-order valence-corrected chi connectivity index (χ2v) is 11.2. The number of aliphatic hydroxyl groups is 3. The third-order valence-corrected chi connectivity index (χ3v) is 5.78. The van der Waals surface area contributed by atoms with Gasteiger partial charge in [0.15, 0.2) is 6.29 Å². The number of aliphatic hydroxyl groups excluding tert-OH is 3. The smallest absolute Gasteiger partial charge is 0.220 e. The van der Waals surface area contributed by atoms with Crippen molar-refractivity contribution in [1.82, 2.24) is 10.6 Å². The van der Waals surface area contributed by atoms with Crippen molar-refractivity contribution in [3.8, 4) is 0 Å². The quantitative estimate of drug-likeness (QED) is 0.163. The number of nitrogens with one attached hydrogen (secondary N) is 2. The van der Waals surface area contributed by atoms with E-state index in [0.717, 1.165) is 6.42 Å². The Labute approximate surface area is 215 Å². The van der Waals surface area contributed by atoms with Crippen molar-refractivity contribution in [1.29, 1.82) is 0 Å². The molecule has 1 aliphatic heterocycles. The average Bonchev–Trinajstić information content (AvgIpc) is 2.73. The Morgan fingerprint density at radius 3 is 2.33 bits per heavy atom. The zero-order valence-corrected chi connectivity index (χ0v) is 23.0. The van der Waals surface area contributed by atoms with Crippen molar-refractivity contribution in [2.24, 2.45) is 5.92 Å². The van der Waals surface area contributed by atoms with Crippen LogP contribution in [0.2, 0.25) is 0 Å². The van der Waals surface area contributed by atoms with Crippen molar-refractivity contribution in [2.45, 2.75) is 122 Å². The third kappa shape index (κ3) is 12.0. The molecule has 0 aliphatic carbocycles. The molecule has 0 aromatic carbocycles. The number of amides is 2. The fraction of sp³-hybridized carbons (Fsp3) is 0.846. The summed E-state index contributed by atoms with van der Waals surface area (Å²) in [5.41, 5.74) is -0.852. The lowest BCUT2D eigenvalue weighted by Crippen LogP contribution is -2.64. The minimum Gasteiger partial charge on any atom is -0.496 e. The van der Waals surface area contributed by atoms with Crippen LogP contribution in [-0.4, -0.2) is 82.1 Å². The van der Waals surface area contributed by atoms with Gasteiger partial charge in [-0.2, -0.15) is 0 Å². The number of allylic oxidation sites excluding steroid dienone is 1. The zero-order chi connectivity index (χ0) is 27.5. The maximum Gasteiger partial charge on any atom is 0.220 e. The van der Waals surface area contributed by atoms with Gasteiger partial charge < -0.3 is 40.2 Å². The molecule has 5 unspecified atom stereocenters. The predicted molar refractivity (Wildman–Crippen MR) is 136 cm³/mol. The highest BCUT2D eigenvalue weighted by atomic mass is 16.7. The number of carbonyl (C=O) groups is 2. The lowest BCUT2D eigenvalue weighted by molar-refractivity contribution is -0.270. The Bertz CT molecular complexity index is 710. The summed E-state index contributed by atoms with van der Waals surface area (Å²) in [6.07, 6.45) is 2.09. The summed E-state index contributed by atoms with van der Waals surface area (Å²) < 4.78 is 17.1. The van der Waals surface area contributed by atoms with E-state index in [-0.39, 0.29) is 12.5 Å². The third-order valence-electron chi connectivity index (χ3n) is 5.78. The summed E-state index contributed by atoms with van der Waals surface area (Å²) in [4.78, 5) is 24.0. The Morgan fingerprint density at radius 2 is 1.75 bits per heavy atom. The molecule has 5 atom stereocenters. The predicted octanol–water partition coefficient (Wildman–Crippen LogP) is 1.76. The van der Waals surface area contributed by atoms with E-state index >= 15 is 0 Å². The van der Waals surface area contributed by atoms with Crippen molar-refractivity contribution in [2.75, 3.05) is 13.2 Å². The molecule has 0 spiro atoms. The normalized spacial score (nSPS) is 25.2. The highest BCUT2D eigenvalue weighted by Crippen LogP contribution is 2.25. The largest absolute Gasteiger partial charge is 0.496 e. The van der Waals surface area contributed by atoms with Crippen LogP contribution in [0.5, 0.6) is 0 Å². The van der Waals surface area contributed by atoms with E-state index in [2.05, 4.69) is 24.5 Å². The van der Waals surface area contributed by atoms with Gasteiger partial charge in [0.05, 0.1) is 12.9 Å². The van der Waals surface area contributed by atoms with Crippen LogP contribution in [0.4, 0.5) is 0 Å². The van der Waals surface area contributed by atoms with Crippen molar-refractivity contribution in [3.05, 3.63) is 12.3 Å². The van der Waals surface area contributed by atoms with E-state index in [1.807, 2.05) is 33.8 Å². The van der Waals surface area contributed by atoms with Gasteiger partial charge in [0.1, 0.15) is 30.0 Å². The van der Waals surface area contributed by atoms with Crippen LogP contribution in [0.3, 0.4) is 0 Å². The van der Waals surface area contributed by atoms with Crippen LogP contribution in [0.25, 0.3) is 0 Å². The van der Waals surface area contributed by atoms with E-state index in [0.29, 0.717) is 31.6 Å². The minimum atomic E-state index is -1.34. The first kappa shape index (κ1) is 32.3. The number of carbonyl (C=O) groups excluding carboxylic acids is 2. The van der Waals surface area contributed by atoms with E-state index in [4.69, 9.17) is 14.2 Å². The van der Waals surface area contributed by atoms with Gasteiger partial charge in [-0.3, -0.25) is 9.59 Å². The second kappa shape index (κ2) is 14.9. The average molecular weight is 517 g/mol. The molecule has 0 aromatic heterocycles. The number of unbranched alkanes of at least 4 members (excludes halogenated alkanes) is 2. The lowest BCUT2D eigenvalue weighted by Gasteiger charge is -2.42. The van der Waals surface area contributed by atoms with Gasteiger partial charge in [-0.15, -0.1) is 0 Å². The van der Waals surface area contributed by atoms with Crippen LogP contribution >= 0.6 is 0 Å². The second-order valence-electron chi connectivity index (χ2n) is 11.2. The van der Waals surface area contributed by atoms with Gasteiger partial charge in [0, 0.05) is 31.9 Å². The highest BCUT2D eigenvalue weighted by Gasteiger charge is 2.45. The number of ether oxygens (including phenoxy) is 3. The van der Waals surface area contributed by atoms with Crippen molar-refractivity contribution in [3.63, 3.8) is 0 Å². The number of rotatable bonds is 15. The number of hydrogen-bond donors (Lipinski definition) is 5. The maximum absolute atomic E-state index is 12.5. The van der Waals surface area contributed by atoms with Gasteiger partial charge >= 0.3 is 0 Å². The van der Waals surface area contributed by atoms with Gasteiger partial charge in [0.25, 0.3) is 0 Å². The molecule has 2 amide bonds. The number of hydrogen-bond acceptors (Lipinski definition) is 8. The first-order chi connectivity index (χ1) is 16.7. The lowest BCUT2D eigenvalue weighted by atomic mass is 9.89. The van der Waals surface area contributed by atoms with Crippen LogP contribution in [0, 0.1) is 5.92 Å². The molecular weight excluding hydrogens is 468 g/mol. The SMILES string of the molecule is CC(=O)NC1C(OCCCCCC(=O)NC(C)(C)CC(C)(C)OC=CC(C)C)OC(CO)C(O)C1O. The van der Waals surface area contributed by atoms with Gasteiger partial charge in [-0.25, -0.2) is 0 Å². The summed E-state index contributed by atoms with van der Waals surface area (Å²) in [7, 11) is 0. The molecule has 1 heterocycles. The molecule has 0 radical (unpaired) electrons. The summed E-state index contributed by atoms with van der Waals surface area (Å²) >= 11 is 0. The van der Waals surface area contributed by atoms with E-state index in [1.165, 1.54) is 6.92 Å². The molecule has 210 valence electrons. The van der Waals surface area contributed by atoms with Crippen LogP contribution in [0.15, 0.2) is 12.3 Å². The summed E-state index contributed by atoms with van der Waals surface area (Å²) in [5, 5.41) is 35.3. The summed E-state index contributed by atoms with van der Waals surface area (Å²) in [6.45, 7) is 13.2. The van der Waals surface area contributed by atoms with Crippen molar-refractivity contribution < 1.29 is 39.1 Å². The molecule has 10 heteroatoms. The fourth-order valence-electron chi connectivity index (χ4n) is 4.35. The molecular formula is C26H48N2O8. The molecule has 0 bridgehead atoms. The van der Waals surface area contributed by atoms with Crippen LogP contribution in [-0.2, 0) is 23.8 Å². The van der Waals surface area contributed by atoms with E-state index in [1.54, 1.807) is 6.26 Å². The molecule has 1 rings (SSSR count). The molecule has 1 fully saturated rings. The van der Waals surface area contributed by atoms with Crippen LogP contribution < -0.4 is 10.6 Å². The maximum atomic E-state index is 12.5. The zero-order valence-electron chi connectivity index (χ0n) is 23.0. The van der Waals surface area contributed by atoms with Crippen molar-refractivity contribution >= 4 is 11.8 Å². The summed E-state index contributed by atoms with van der Waals surface area (Å²) in [5.74, 6) is -0.0230. The minimum absolute atomic E-state index is 0.0290. The first-order valence-electron chi connectivity index (χ1n) is 12.8. The molecule has 36 heavy (non-hydrogen) atoms. The van der Waals surface area contributed by atoms with Gasteiger partial charge in [-0.1, -0.05) is 20.3 Å². The van der Waals surface area contributed by atoms with Crippen LogP contribution in [0.1, 0.15) is 80.6 Å². The first-order valence-corrected chi connectivity index (χ1v) is 12.8. The Balaban J connectivity index is 2.40. The Morgan fingerprint density at radius 1 is 1.08 bits per heavy atom. The molecule has 0 aromatic rings. The summed E-state index contributed by atoms with van der Waals surface area (Å²) in [6, 6.07) is -0.956. The molecule has 10 nitrogen and oxygen atoms in total. The highest BCUT2D eigenvalue weighted by molar-refractivity contribution is 5.76. The molecule has 1 saturated heterocycles. The Hall–Kier alpha value is -1.72. The van der Waals surface area contributed by atoms with E-state index < -0.39 is 54.3 Å². The molecule has 1 aliphatic rings. The Kier molecular flexibility index (Phi) is 13.4. The molecule has 0 saturated carbocycles. The van der Waals surface area contributed by atoms with Gasteiger partial charge in [-0.05, 0) is 52.5 Å². The van der Waals surface area contributed by atoms with Gasteiger partial charge in [0.2, 0.25) is 11.8 Å². The fourth-order valence-corrected chi connectivity index (χ4v) is 4.35. The molecule has 5 N–H and O–H groups in total.